The summed E-state index contributed by atoms with van der Waals surface area (Å²) in [5.41, 5.74) is -0.602. The second-order valence-electron chi connectivity index (χ2n) is 6.33. The van der Waals surface area contributed by atoms with Crippen LogP contribution in [0.2, 0.25) is 0 Å². The quantitative estimate of drug-likeness (QED) is 0.588. The van der Waals surface area contributed by atoms with E-state index in [0.717, 1.165) is 45.5 Å². The molecule has 4 nitrogen and oxygen atoms in total. The summed E-state index contributed by atoms with van der Waals surface area (Å²) in [5.74, 6) is -0.0572. The molecule has 0 saturated heterocycles. The molecule has 114 valence electrons. The molecule has 19 heavy (non-hydrogen) atoms. The molecule has 0 bridgehead atoms. The van der Waals surface area contributed by atoms with E-state index in [9.17, 15) is 4.79 Å². The fourth-order valence-electron chi connectivity index (χ4n) is 2.04. The van der Waals surface area contributed by atoms with E-state index in [1.807, 2.05) is 0 Å². The highest BCUT2D eigenvalue weighted by Crippen LogP contribution is 2.23. The van der Waals surface area contributed by atoms with E-state index < -0.39 is 11.4 Å². The molecule has 0 aromatic rings. The summed E-state index contributed by atoms with van der Waals surface area (Å²) in [7, 11) is 1.73. The third kappa shape index (κ3) is 9.00. The first kappa shape index (κ1) is 18.4. The molecule has 0 aromatic carbocycles. The van der Waals surface area contributed by atoms with Crippen molar-refractivity contribution in [2.24, 2.45) is 11.3 Å². The molecule has 0 aromatic heterocycles. The topological polar surface area (TPSA) is 49.8 Å². The average molecular weight is 273 g/mol. The van der Waals surface area contributed by atoms with Gasteiger partial charge in [-0.15, -0.1) is 0 Å². The van der Waals surface area contributed by atoms with Crippen molar-refractivity contribution >= 4 is 5.97 Å². The molecule has 1 N–H and O–H groups in total. The molecule has 0 aliphatic carbocycles. The molecule has 0 amide bonds. The van der Waals surface area contributed by atoms with Crippen LogP contribution in [0.3, 0.4) is 0 Å². The number of carbonyl (C=O) groups is 1. The van der Waals surface area contributed by atoms with Gasteiger partial charge in [0.15, 0.2) is 0 Å². The number of carboxylic acid groups (broad SMARTS) is 1. The Balaban J connectivity index is 3.94. The molecule has 0 heterocycles. The summed E-state index contributed by atoms with van der Waals surface area (Å²) in [6.07, 6.45) is 2.75. The van der Waals surface area contributed by atoms with Crippen molar-refractivity contribution in [1.82, 2.24) is 4.90 Å². The molecular weight excluding hydrogens is 242 g/mol. The number of hydrogen-bond donors (Lipinski definition) is 1. The average Bonchev–Trinajstić information content (AvgIpc) is 2.30. The number of carboxylic acids is 1. The maximum atomic E-state index is 11.0. The minimum absolute atomic E-state index is 0.602. The Hall–Kier alpha value is -0.610. The van der Waals surface area contributed by atoms with Crippen LogP contribution in [0, 0.1) is 11.3 Å². The Morgan fingerprint density at radius 3 is 2.37 bits per heavy atom. The van der Waals surface area contributed by atoms with Crippen LogP contribution < -0.4 is 0 Å². The van der Waals surface area contributed by atoms with Crippen LogP contribution in [-0.2, 0) is 9.53 Å². The SMILES string of the molecule is COCCN(CCCCC(C)(C)C(=O)O)CC(C)C. The first-order valence-electron chi connectivity index (χ1n) is 7.24. The number of aliphatic carboxylic acids is 1. The molecule has 0 rings (SSSR count). The first-order chi connectivity index (χ1) is 8.79. The normalized spacial score (nSPS) is 12.4. The van der Waals surface area contributed by atoms with Gasteiger partial charge in [0, 0.05) is 20.2 Å². The Morgan fingerprint density at radius 1 is 1.26 bits per heavy atom. The van der Waals surface area contributed by atoms with Crippen LogP contribution in [0.25, 0.3) is 0 Å². The highest BCUT2D eigenvalue weighted by atomic mass is 16.5. The number of methoxy groups -OCH3 is 1. The Labute approximate surface area is 118 Å². The van der Waals surface area contributed by atoms with Gasteiger partial charge in [-0.3, -0.25) is 4.79 Å². The zero-order valence-electron chi connectivity index (χ0n) is 13.2. The zero-order valence-corrected chi connectivity index (χ0v) is 13.2. The van der Waals surface area contributed by atoms with Gasteiger partial charge in [-0.2, -0.15) is 0 Å². The van der Waals surface area contributed by atoms with Crippen molar-refractivity contribution in [3.63, 3.8) is 0 Å². The van der Waals surface area contributed by atoms with Gasteiger partial charge < -0.3 is 14.7 Å². The van der Waals surface area contributed by atoms with Crippen molar-refractivity contribution in [2.45, 2.75) is 47.0 Å². The van der Waals surface area contributed by atoms with Crippen molar-refractivity contribution in [1.29, 1.82) is 0 Å². The van der Waals surface area contributed by atoms with Gasteiger partial charge in [0.25, 0.3) is 0 Å². The molecule has 0 aliphatic rings. The molecule has 0 aliphatic heterocycles. The molecule has 0 unspecified atom stereocenters. The van der Waals surface area contributed by atoms with Gasteiger partial charge in [-0.05, 0) is 39.2 Å². The molecule has 0 saturated carbocycles. The number of unbranched alkanes of at least 4 members (excludes halogenated alkanes) is 1. The summed E-state index contributed by atoms with van der Waals surface area (Å²) in [6, 6.07) is 0. The summed E-state index contributed by atoms with van der Waals surface area (Å²) in [4.78, 5) is 13.4. The lowest BCUT2D eigenvalue weighted by Crippen LogP contribution is -2.32. The number of nitrogens with zero attached hydrogens (tertiary/aromatic N) is 1. The highest BCUT2D eigenvalue weighted by Gasteiger charge is 2.26. The summed E-state index contributed by atoms with van der Waals surface area (Å²) in [5, 5.41) is 9.06. The molecular formula is C15H31NO3. The van der Waals surface area contributed by atoms with Gasteiger partial charge in [0.2, 0.25) is 0 Å². The Morgan fingerprint density at radius 2 is 1.89 bits per heavy atom. The minimum atomic E-state index is -0.703. The largest absolute Gasteiger partial charge is 0.481 e. The summed E-state index contributed by atoms with van der Waals surface area (Å²) < 4.78 is 5.13. The van der Waals surface area contributed by atoms with Gasteiger partial charge in [-0.1, -0.05) is 20.3 Å². The minimum Gasteiger partial charge on any atom is -0.481 e. The maximum absolute atomic E-state index is 11.0. The number of hydrogen-bond acceptors (Lipinski definition) is 3. The van der Waals surface area contributed by atoms with Gasteiger partial charge >= 0.3 is 5.97 Å². The highest BCUT2D eigenvalue weighted by molar-refractivity contribution is 5.73. The van der Waals surface area contributed by atoms with Crippen LogP contribution in [0.1, 0.15) is 47.0 Å². The van der Waals surface area contributed by atoms with Crippen LogP contribution in [-0.4, -0.2) is 49.3 Å². The summed E-state index contributed by atoms with van der Waals surface area (Å²) >= 11 is 0. The lowest BCUT2D eigenvalue weighted by atomic mass is 9.87. The van der Waals surface area contributed by atoms with E-state index in [4.69, 9.17) is 9.84 Å². The van der Waals surface area contributed by atoms with E-state index >= 15 is 0 Å². The fraction of sp³-hybridized carbons (Fsp3) is 0.933. The van der Waals surface area contributed by atoms with Crippen molar-refractivity contribution in [3.8, 4) is 0 Å². The number of rotatable bonds is 11. The Bertz CT molecular complexity index is 252. The molecule has 4 heteroatoms. The summed E-state index contributed by atoms with van der Waals surface area (Å²) in [6.45, 7) is 11.8. The van der Waals surface area contributed by atoms with Crippen LogP contribution in [0.4, 0.5) is 0 Å². The van der Waals surface area contributed by atoms with E-state index in [1.165, 1.54) is 0 Å². The molecule has 0 spiro atoms. The predicted octanol–water partition coefficient (Wildman–Crippen LogP) is 2.87. The third-order valence-corrected chi connectivity index (χ3v) is 3.34. The van der Waals surface area contributed by atoms with Crippen LogP contribution in [0.15, 0.2) is 0 Å². The van der Waals surface area contributed by atoms with Gasteiger partial charge in [0.05, 0.1) is 12.0 Å². The molecule has 0 radical (unpaired) electrons. The van der Waals surface area contributed by atoms with Crippen molar-refractivity contribution < 1.29 is 14.6 Å². The van der Waals surface area contributed by atoms with Gasteiger partial charge in [0.1, 0.15) is 0 Å². The smallest absolute Gasteiger partial charge is 0.309 e. The standard InChI is InChI=1S/C15H31NO3/c1-13(2)12-16(10-11-19-5)9-7-6-8-15(3,4)14(17)18/h13H,6-12H2,1-5H3,(H,17,18). The molecule has 0 atom stereocenters. The van der Waals surface area contributed by atoms with Gasteiger partial charge in [-0.25, -0.2) is 0 Å². The fourth-order valence-corrected chi connectivity index (χ4v) is 2.04. The number of ether oxygens (including phenoxy) is 1. The lowest BCUT2D eigenvalue weighted by molar-refractivity contribution is -0.147. The monoisotopic (exact) mass is 273 g/mol. The molecule has 0 fully saturated rings. The predicted molar refractivity (Wildman–Crippen MR) is 78.4 cm³/mol. The lowest BCUT2D eigenvalue weighted by Gasteiger charge is -2.25. The van der Waals surface area contributed by atoms with Crippen molar-refractivity contribution in [2.75, 3.05) is 33.4 Å². The van der Waals surface area contributed by atoms with E-state index in [1.54, 1.807) is 21.0 Å². The zero-order chi connectivity index (χ0) is 14.9. The Kier molecular flexibility index (Phi) is 9.02. The van der Waals surface area contributed by atoms with Crippen LogP contribution >= 0.6 is 0 Å². The first-order valence-corrected chi connectivity index (χ1v) is 7.24. The maximum Gasteiger partial charge on any atom is 0.309 e. The third-order valence-electron chi connectivity index (χ3n) is 3.34. The second-order valence-corrected chi connectivity index (χ2v) is 6.33. The van der Waals surface area contributed by atoms with E-state index in [2.05, 4.69) is 18.7 Å². The van der Waals surface area contributed by atoms with Crippen LogP contribution in [0.5, 0.6) is 0 Å². The van der Waals surface area contributed by atoms with E-state index in [0.29, 0.717) is 5.92 Å². The second kappa shape index (κ2) is 9.32. The van der Waals surface area contributed by atoms with E-state index in [-0.39, 0.29) is 0 Å². The van der Waals surface area contributed by atoms with Crippen molar-refractivity contribution in [3.05, 3.63) is 0 Å².